The first-order chi connectivity index (χ1) is 7.20. The molecule has 0 radical (unpaired) electrons. The first kappa shape index (κ1) is 11.3. The Labute approximate surface area is 88.0 Å². The molecule has 0 aromatic rings. The highest BCUT2D eigenvalue weighted by molar-refractivity contribution is 5.67. The maximum absolute atomic E-state index is 10.5. The zero-order valence-electron chi connectivity index (χ0n) is 8.03. The van der Waals surface area contributed by atoms with Crippen LogP contribution in [0.5, 0.6) is 0 Å². The van der Waals surface area contributed by atoms with Crippen LogP contribution in [0, 0.1) is 23.7 Å². The summed E-state index contributed by atoms with van der Waals surface area (Å²) in [4.78, 5) is 10.5. The molecule has 78 valence electrons. The average Bonchev–Trinajstić information content (AvgIpc) is 2.19. The molecule has 1 heterocycles. The number of aliphatic carboxylic acids is 1. The molecule has 0 saturated carbocycles. The molecule has 2 atom stereocenters. The van der Waals surface area contributed by atoms with Gasteiger partial charge < -0.3 is 10.2 Å². The number of hydrogen-bond donors (Lipinski definition) is 3. The molecule has 4 nitrogen and oxygen atoms in total. The van der Waals surface area contributed by atoms with Crippen LogP contribution in [-0.4, -0.2) is 34.9 Å². The second-order valence-electron chi connectivity index (χ2n) is 2.97. The predicted octanol–water partition coefficient (Wildman–Crippen LogP) is -0.643. The highest BCUT2D eigenvalue weighted by Crippen LogP contribution is 1.99. The third-order valence-electron chi connectivity index (χ3n) is 1.81. The summed E-state index contributed by atoms with van der Waals surface area (Å²) in [6, 6.07) is -0.587. The number of allylic oxidation sites excluding steroid dienone is 2. The summed E-state index contributed by atoms with van der Waals surface area (Å²) < 4.78 is 0. The Morgan fingerprint density at radius 1 is 1.47 bits per heavy atom. The van der Waals surface area contributed by atoms with Crippen LogP contribution in [-0.2, 0) is 4.79 Å². The fourth-order valence-corrected chi connectivity index (χ4v) is 1.09. The Kier molecular flexibility index (Phi) is 4.43. The van der Waals surface area contributed by atoms with Gasteiger partial charge in [-0.1, -0.05) is 23.7 Å². The Hall–Kier alpha value is -1.75. The molecular formula is C11H11NO3. The number of aliphatic hydroxyl groups is 1. The standard InChI is InChI=1S/C11H11NO3/c13-10-6-4-2-1-3-5-7-12-9(10)8-11(14)15/h1-2,9-10,12-13H,7-8H2,(H,14,15)/b2-1+/t9?,10-/m0/s1. The zero-order valence-corrected chi connectivity index (χ0v) is 8.03. The van der Waals surface area contributed by atoms with Gasteiger partial charge in [-0.2, -0.15) is 0 Å². The number of hydrogen-bond acceptors (Lipinski definition) is 3. The van der Waals surface area contributed by atoms with Crippen LogP contribution in [0.15, 0.2) is 12.2 Å². The lowest BCUT2D eigenvalue weighted by Crippen LogP contribution is -2.41. The van der Waals surface area contributed by atoms with Crippen molar-refractivity contribution < 1.29 is 15.0 Å². The van der Waals surface area contributed by atoms with Gasteiger partial charge in [0, 0.05) is 0 Å². The molecule has 3 N–H and O–H groups in total. The summed E-state index contributed by atoms with van der Waals surface area (Å²) in [5, 5.41) is 21.0. The molecule has 0 fully saturated rings. The van der Waals surface area contributed by atoms with Gasteiger partial charge in [0.15, 0.2) is 0 Å². The van der Waals surface area contributed by atoms with Crippen LogP contribution < -0.4 is 5.32 Å². The van der Waals surface area contributed by atoms with Gasteiger partial charge in [0.1, 0.15) is 6.10 Å². The highest BCUT2D eigenvalue weighted by atomic mass is 16.4. The van der Waals surface area contributed by atoms with Gasteiger partial charge in [-0.05, 0) is 12.2 Å². The lowest BCUT2D eigenvalue weighted by molar-refractivity contribution is -0.138. The maximum Gasteiger partial charge on any atom is 0.305 e. The molecular weight excluding hydrogens is 194 g/mol. The smallest absolute Gasteiger partial charge is 0.305 e. The summed E-state index contributed by atoms with van der Waals surface area (Å²) in [5.41, 5.74) is 0. The SMILES string of the molecule is O=C(O)CC1NCC#C/C=C/C#C[C@@H]1O. The number of carboxylic acid groups (broad SMARTS) is 1. The lowest BCUT2D eigenvalue weighted by Gasteiger charge is -2.17. The molecule has 1 aliphatic rings. The minimum absolute atomic E-state index is 0.179. The average molecular weight is 205 g/mol. The predicted molar refractivity (Wildman–Crippen MR) is 54.7 cm³/mol. The van der Waals surface area contributed by atoms with Crippen LogP contribution in [0.25, 0.3) is 0 Å². The van der Waals surface area contributed by atoms with Crippen molar-refractivity contribution in [3.63, 3.8) is 0 Å². The number of nitrogens with one attached hydrogen (secondary N) is 1. The largest absolute Gasteiger partial charge is 0.481 e. The number of carboxylic acids is 1. The molecule has 1 unspecified atom stereocenters. The van der Waals surface area contributed by atoms with Gasteiger partial charge in [0.25, 0.3) is 0 Å². The van der Waals surface area contributed by atoms with Crippen molar-refractivity contribution in [3.05, 3.63) is 12.2 Å². The Balaban J connectivity index is 2.73. The molecule has 0 aromatic heterocycles. The van der Waals surface area contributed by atoms with E-state index < -0.39 is 18.1 Å². The Morgan fingerprint density at radius 2 is 2.20 bits per heavy atom. The van der Waals surface area contributed by atoms with E-state index in [4.69, 9.17) is 5.11 Å². The van der Waals surface area contributed by atoms with Crippen LogP contribution in [0.1, 0.15) is 6.42 Å². The summed E-state index contributed by atoms with van der Waals surface area (Å²) in [6.45, 7) is 0.334. The van der Waals surface area contributed by atoms with E-state index in [-0.39, 0.29) is 6.42 Å². The van der Waals surface area contributed by atoms with E-state index in [2.05, 4.69) is 29.0 Å². The summed E-state index contributed by atoms with van der Waals surface area (Å²) in [7, 11) is 0. The first-order valence-electron chi connectivity index (χ1n) is 4.48. The van der Waals surface area contributed by atoms with Gasteiger partial charge in [-0.15, -0.1) is 0 Å². The second-order valence-corrected chi connectivity index (χ2v) is 2.97. The van der Waals surface area contributed by atoms with Gasteiger partial charge in [-0.25, -0.2) is 0 Å². The highest BCUT2D eigenvalue weighted by Gasteiger charge is 2.19. The number of carbonyl (C=O) groups is 1. The van der Waals surface area contributed by atoms with Crippen molar-refractivity contribution >= 4 is 5.97 Å². The monoisotopic (exact) mass is 205 g/mol. The summed E-state index contributed by atoms with van der Waals surface area (Å²) >= 11 is 0. The van der Waals surface area contributed by atoms with Crippen molar-refractivity contribution in [1.29, 1.82) is 0 Å². The van der Waals surface area contributed by atoms with E-state index in [1.807, 2.05) is 0 Å². The summed E-state index contributed by atoms with van der Waals surface area (Å²) in [6.07, 6.45) is 1.94. The van der Waals surface area contributed by atoms with E-state index in [9.17, 15) is 9.90 Å². The Morgan fingerprint density at radius 3 is 2.93 bits per heavy atom. The molecule has 0 amide bonds. The molecule has 1 rings (SSSR count). The van der Waals surface area contributed by atoms with Crippen LogP contribution in [0.4, 0.5) is 0 Å². The summed E-state index contributed by atoms with van der Waals surface area (Å²) in [5.74, 6) is 9.63. The van der Waals surface area contributed by atoms with E-state index in [0.29, 0.717) is 6.54 Å². The van der Waals surface area contributed by atoms with Crippen LogP contribution in [0.2, 0.25) is 0 Å². The van der Waals surface area contributed by atoms with Crippen LogP contribution in [0.3, 0.4) is 0 Å². The Bertz CT molecular complexity index is 378. The molecule has 1 aliphatic heterocycles. The fraction of sp³-hybridized carbons (Fsp3) is 0.364. The van der Waals surface area contributed by atoms with Gasteiger partial charge >= 0.3 is 5.97 Å². The van der Waals surface area contributed by atoms with Crippen molar-refractivity contribution in [2.45, 2.75) is 18.6 Å². The van der Waals surface area contributed by atoms with Gasteiger partial charge in [0.05, 0.1) is 19.0 Å². The van der Waals surface area contributed by atoms with Crippen molar-refractivity contribution in [2.75, 3.05) is 6.54 Å². The van der Waals surface area contributed by atoms with Crippen molar-refractivity contribution in [1.82, 2.24) is 5.32 Å². The van der Waals surface area contributed by atoms with Gasteiger partial charge in [-0.3, -0.25) is 10.1 Å². The third-order valence-corrected chi connectivity index (χ3v) is 1.81. The quantitative estimate of drug-likeness (QED) is 0.524. The minimum Gasteiger partial charge on any atom is -0.481 e. The molecule has 15 heavy (non-hydrogen) atoms. The van der Waals surface area contributed by atoms with E-state index in [1.54, 1.807) is 6.08 Å². The lowest BCUT2D eigenvalue weighted by atomic mass is 10.1. The maximum atomic E-state index is 10.5. The topological polar surface area (TPSA) is 69.6 Å². The normalized spacial score (nSPS) is 26.5. The zero-order chi connectivity index (χ0) is 11.1. The molecule has 4 heteroatoms. The molecule has 0 aliphatic carbocycles. The first-order valence-corrected chi connectivity index (χ1v) is 4.48. The van der Waals surface area contributed by atoms with E-state index in [0.717, 1.165) is 0 Å². The molecule has 0 spiro atoms. The molecule has 0 bridgehead atoms. The van der Waals surface area contributed by atoms with E-state index >= 15 is 0 Å². The van der Waals surface area contributed by atoms with E-state index in [1.165, 1.54) is 6.08 Å². The molecule has 0 saturated heterocycles. The third kappa shape index (κ3) is 4.33. The second kappa shape index (κ2) is 5.87. The van der Waals surface area contributed by atoms with Crippen LogP contribution >= 0.6 is 0 Å². The minimum atomic E-state index is -0.995. The number of aliphatic hydroxyl groups excluding tert-OH is 1. The van der Waals surface area contributed by atoms with Crippen molar-refractivity contribution in [3.8, 4) is 23.7 Å². The van der Waals surface area contributed by atoms with Gasteiger partial charge in [0.2, 0.25) is 0 Å². The van der Waals surface area contributed by atoms with Crippen molar-refractivity contribution in [2.24, 2.45) is 0 Å². The number of rotatable bonds is 2. The fourth-order valence-electron chi connectivity index (χ4n) is 1.09. The molecule has 0 aromatic carbocycles.